The molecule has 0 spiro atoms. The Labute approximate surface area is 122 Å². The summed E-state index contributed by atoms with van der Waals surface area (Å²) in [5.74, 6) is -0.665. The monoisotopic (exact) mass is 290 g/mol. The number of rotatable bonds is 6. The number of carbonyl (C=O) groups excluding carboxylic acids is 1. The predicted molar refractivity (Wildman–Crippen MR) is 78.3 cm³/mol. The van der Waals surface area contributed by atoms with Crippen molar-refractivity contribution in [1.82, 2.24) is 9.88 Å². The van der Waals surface area contributed by atoms with Crippen LogP contribution in [-0.2, 0) is 16.1 Å². The number of hydrogen-bond donors (Lipinski definition) is 2. The largest absolute Gasteiger partial charge is 0.493 e. The minimum Gasteiger partial charge on any atom is -0.493 e. The maximum Gasteiger partial charge on any atom is 0.328 e. The lowest BCUT2D eigenvalue weighted by atomic mass is 10.2. The second kappa shape index (κ2) is 6.30. The van der Waals surface area contributed by atoms with E-state index >= 15 is 0 Å². The number of aliphatic carboxylic acids is 1. The summed E-state index contributed by atoms with van der Waals surface area (Å²) in [7, 11) is 0. The Balaban J connectivity index is 2.32. The first-order valence-corrected chi connectivity index (χ1v) is 6.73. The Kier molecular flexibility index (Phi) is 4.47. The van der Waals surface area contributed by atoms with Crippen molar-refractivity contribution in [2.75, 3.05) is 6.61 Å². The SMILES string of the molecule is CCOc1cccc2c1ccn2CC(NC(C)=O)C(=O)O. The topological polar surface area (TPSA) is 80.6 Å². The molecule has 1 amide bonds. The van der Waals surface area contributed by atoms with E-state index in [2.05, 4.69) is 5.32 Å². The second-order valence-electron chi connectivity index (χ2n) is 4.68. The van der Waals surface area contributed by atoms with Crippen molar-refractivity contribution in [3.05, 3.63) is 30.5 Å². The molecule has 0 saturated heterocycles. The van der Waals surface area contributed by atoms with Gasteiger partial charge in [-0.1, -0.05) is 6.07 Å². The molecule has 1 aromatic heterocycles. The van der Waals surface area contributed by atoms with Crippen LogP contribution in [0.4, 0.5) is 0 Å². The van der Waals surface area contributed by atoms with Gasteiger partial charge in [-0.25, -0.2) is 4.79 Å². The lowest BCUT2D eigenvalue weighted by Crippen LogP contribution is -2.42. The van der Waals surface area contributed by atoms with Gasteiger partial charge in [-0.3, -0.25) is 4.79 Å². The molecule has 112 valence electrons. The minimum absolute atomic E-state index is 0.161. The highest BCUT2D eigenvalue weighted by Gasteiger charge is 2.19. The van der Waals surface area contributed by atoms with Crippen molar-refractivity contribution in [1.29, 1.82) is 0 Å². The second-order valence-corrected chi connectivity index (χ2v) is 4.68. The van der Waals surface area contributed by atoms with Gasteiger partial charge in [0.25, 0.3) is 0 Å². The fourth-order valence-electron chi connectivity index (χ4n) is 2.26. The molecule has 2 N–H and O–H groups in total. The minimum atomic E-state index is -1.06. The van der Waals surface area contributed by atoms with E-state index in [0.29, 0.717) is 6.61 Å². The van der Waals surface area contributed by atoms with Crippen LogP contribution in [0.1, 0.15) is 13.8 Å². The predicted octanol–water partition coefficient (Wildman–Crippen LogP) is 1.63. The van der Waals surface area contributed by atoms with Crippen molar-refractivity contribution in [3.63, 3.8) is 0 Å². The number of hydrogen-bond acceptors (Lipinski definition) is 3. The molecule has 1 atom stereocenters. The number of aromatic nitrogens is 1. The zero-order valence-electron chi connectivity index (χ0n) is 12.0. The molecule has 1 unspecified atom stereocenters. The summed E-state index contributed by atoms with van der Waals surface area (Å²) in [5.41, 5.74) is 0.873. The molecule has 0 radical (unpaired) electrons. The Morgan fingerprint density at radius 3 is 2.76 bits per heavy atom. The first kappa shape index (κ1) is 14.9. The quantitative estimate of drug-likeness (QED) is 0.847. The van der Waals surface area contributed by atoms with Crippen LogP contribution >= 0.6 is 0 Å². The number of carboxylic acids is 1. The van der Waals surface area contributed by atoms with Gasteiger partial charge < -0.3 is 19.7 Å². The smallest absolute Gasteiger partial charge is 0.328 e. The van der Waals surface area contributed by atoms with Crippen LogP contribution in [0.25, 0.3) is 10.9 Å². The fourth-order valence-corrected chi connectivity index (χ4v) is 2.26. The van der Waals surface area contributed by atoms with Gasteiger partial charge in [-0.05, 0) is 25.1 Å². The summed E-state index contributed by atoms with van der Waals surface area (Å²) in [5, 5.41) is 12.5. The number of carbonyl (C=O) groups is 2. The molecule has 2 rings (SSSR count). The van der Waals surface area contributed by atoms with Gasteiger partial charge in [0.2, 0.25) is 5.91 Å². The molecule has 0 bridgehead atoms. The molecule has 0 aliphatic carbocycles. The number of benzene rings is 1. The molecule has 21 heavy (non-hydrogen) atoms. The van der Waals surface area contributed by atoms with Crippen LogP contribution in [0.5, 0.6) is 5.75 Å². The Hall–Kier alpha value is -2.50. The molecule has 1 heterocycles. The highest BCUT2D eigenvalue weighted by Crippen LogP contribution is 2.26. The zero-order valence-corrected chi connectivity index (χ0v) is 12.0. The van der Waals surface area contributed by atoms with E-state index in [-0.39, 0.29) is 12.5 Å². The van der Waals surface area contributed by atoms with Gasteiger partial charge in [0, 0.05) is 18.5 Å². The highest BCUT2D eigenvalue weighted by atomic mass is 16.5. The van der Waals surface area contributed by atoms with Crippen LogP contribution < -0.4 is 10.1 Å². The Morgan fingerprint density at radius 1 is 1.38 bits per heavy atom. The number of carboxylic acid groups (broad SMARTS) is 1. The number of ether oxygens (including phenoxy) is 1. The number of nitrogens with one attached hydrogen (secondary N) is 1. The normalized spacial score (nSPS) is 12.1. The molecular weight excluding hydrogens is 272 g/mol. The molecule has 6 nitrogen and oxygen atoms in total. The van der Waals surface area contributed by atoms with Crippen molar-refractivity contribution in [3.8, 4) is 5.75 Å². The first-order valence-electron chi connectivity index (χ1n) is 6.73. The van der Waals surface area contributed by atoms with E-state index in [9.17, 15) is 14.7 Å². The molecule has 0 saturated carbocycles. The molecule has 0 aliphatic rings. The molecule has 0 fully saturated rings. The first-order chi connectivity index (χ1) is 10.0. The van der Waals surface area contributed by atoms with Gasteiger partial charge in [-0.2, -0.15) is 0 Å². The molecule has 1 aromatic carbocycles. The third-order valence-corrected chi connectivity index (χ3v) is 3.13. The molecular formula is C15H18N2O4. The summed E-state index contributed by atoms with van der Waals surface area (Å²) in [4.78, 5) is 22.3. The molecule has 6 heteroatoms. The Morgan fingerprint density at radius 2 is 2.14 bits per heavy atom. The highest BCUT2D eigenvalue weighted by molar-refractivity contribution is 5.87. The fraction of sp³-hybridized carbons (Fsp3) is 0.333. The van der Waals surface area contributed by atoms with Crippen LogP contribution in [0.3, 0.4) is 0 Å². The van der Waals surface area contributed by atoms with Crippen LogP contribution in [-0.4, -0.2) is 34.2 Å². The van der Waals surface area contributed by atoms with E-state index in [1.54, 1.807) is 10.8 Å². The van der Waals surface area contributed by atoms with E-state index in [4.69, 9.17) is 4.74 Å². The van der Waals surface area contributed by atoms with E-state index < -0.39 is 12.0 Å². The van der Waals surface area contributed by atoms with Crippen molar-refractivity contribution in [2.45, 2.75) is 26.4 Å². The number of amides is 1. The average molecular weight is 290 g/mol. The van der Waals surface area contributed by atoms with Crippen molar-refractivity contribution in [2.24, 2.45) is 0 Å². The summed E-state index contributed by atoms with van der Waals surface area (Å²) >= 11 is 0. The van der Waals surface area contributed by atoms with E-state index in [0.717, 1.165) is 16.7 Å². The molecule has 0 aliphatic heterocycles. The lowest BCUT2D eigenvalue weighted by molar-refractivity contribution is -0.141. The maximum absolute atomic E-state index is 11.2. The van der Waals surface area contributed by atoms with Crippen molar-refractivity contribution < 1.29 is 19.4 Å². The van der Waals surface area contributed by atoms with Gasteiger partial charge in [0.15, 0.2) is 0 Å². The maximum atomic E-state index is 11.2. The summed E-state index contributed by atoms with van der Waals surface area (Å²) in [6, 6.07) is 6.54. The number of nitrogens with zero attached hydrogens (tertiary/aromatic N) is 1. The van der Waals surface area contributed by atoms with Crippen LogP contribution in [0, 0.1) is 0 Å². The van der Waals surface area contributed by atoms with Gasteiger partial charge in [0.1, 0.15) is 11.8 Å². The standard InChI is InChI=1S/C15H18N2O4/c1-3-21-14-6-4-5-13-11(14)7-8-17(13)9-12(15(19)20)16-10(2)18/h4-8,12H,3,9H2,1-2H3,(H,16,18)(H,19,20). The lowest BCUT2D eigenvalue weighted by Gasteiger charge is -2.15. The van der Waals surface area contributed by atoms with Gasteiger partial charge in [-0.15, -0.1) is 0 Å². The summed E-state index contributed by atoms with van der Waals surface area (Å²) in [6.07, 6.45) is 1.80. The van der Waals surface area contributed by atoms with E-state index in [1.807, 2.05) is 31.2 Å². The molecule has 2 aromatic rings. The Bertz CT molecular complexity index is 663. The summed E-state index contributed by atoms with van der Waals surface area (Å²) in [6.45, 7) is 3.94. The zero-order chi connectivity index (χ0) is 15.4. The third kappa shape index (κ3) is 3.34. The third-order valence-electron chi connectivity index (χ3n) is 3.13. The van der Waals surface area contributed by atoms with E-state index in [1.165, 1.54) is 6.92 Å². The van der Waals surface area contributed by atoms with Crippen LogP contribution in [0.2, 0.25) is 0 Å². The number of fused-ring (bicyclic) bond motifs is 1. The summed E-state index contributed by atoms with van der Waals surface area (Å²) < 4.78 is 7.35. The van der Waals surface area contributed by atoms with Gasteiger partial charge in [0.05, 0.1) is 18.7 Å². The van der Waals surface area contributed by atoms with Crippen LogP contribution in [0.15, 0.2) is 30.5 Å². The average Bonchev–Trinajstić information content (AvgIpc) is 2.82. The van der Waals surface area contributed by atoms with Gasteiger partial charge >= 0.3 is 5.97 Å². The van der Waals surface area contributed by atoms with Crippen molar-refractivity contribution >= 4 is 22.8 Å².